The van der Waals surface area contributed by atoms with Gasteiger partial charge in [-0.2, -0.15) is 0 Å². The summed E-state index contributed by atoms with van der Waals surface area (Å²) < 4.78 is 19.8. The minimum atomic E-state index is -0.381. The van der Waals surface area contributed by atoms with Crippen molar-refractivity contribution >= 4 is 5.97 Å². The lowest BCUT2D eigenvalue weighted by atomic mass is 10.2. The molecule has 0 amide bonds. The molecule has 2 heterocycles. The fourth-order valence-electron chi connectivity index (χ4n) is 1.28. The van der Waals surface area contributed by atoms with Crippen LogP contribution in [0.5, 0.6) is 0 Å². The van der Waals surface area contributed by atoms with E-state index in [0.29, 0.717) is 18.8 Å². The van der Waals surface area contributed by atoms with E-state index in [0.717, 1.165) is 51.8 Å². The zero-order chi connectivity index (χ0) is 14.6. The van der Waals surface area contributed by atoms with Crippen molar-refractivity contribution in [2.24, 2.45) is 0 Å². The summed E-state index contributed by atoms with van der Waals surface area (Å²) in [4.78, 5) is 10.5. The Kier molecular flexibility index (Phi) is 9.23. The van der Waals surface area contributed by atoms with Crippen LogP contribution in [-0.2, 0) is 23.7 Å². The van der Waals surface area contributed by atoms with E-state index < -0.39 is 0 Å². The highest BCUT2D eigenvalue weighted by Crippen LogP contribution is 2.12. The Bertz CT molecular complexity index is 261. The first kappa shape index (κ1) is 17.1. The second-order valence-electron chi connectivity index (χ2n) is 4.60. The summed E-state index contributed by atoms with van der Waals surface area (Å²) in [5, 5.41) is 8.40. The van der Waals surface area contributed by atoms with Gasteiger partial charge in [-0.3, -0.25) is 0 Å². The van der Waals surface area contributed by atoms with Gasteiger partial charge < -0.3 is 24.1 Å². The molecular formula is C14H24O6. The van der Waals surface area contributed by atoms with E-state index in [1.54, 1.807) is 0 Å². The lowest BCUT2D eigenvalue weighted by molar-refractivity contribution is -0.137. The van der Waals surface area contributed by atoms with Gasteiger partial charge >= 0.3 is 5.97 Å². The molecule has 2 saturated heterocycles. The Morgan fingerprint density at radius 3 is 2.25 bits per heavy atom. The standard InChI is InChI=1S/C8H14O3.C6H10O3/c1-2-8(10)11-7-5-3-4-6-9;1(5-3-8-5)7-2-6-4-9-6/h2,9H,1,3-7H2;5-6H,1-4H2. The van der Waals surface area contributed by atoms with Crippen LogP contribution in [-0.4, -0.2) is 62.9 Å². The second kappa shape index (κ2) is 10.8. The fraction of sp³-hybridized carbons (Fsp3) is 0.786. The molecule has 2 unspecified atom stereocenters. The van der Waals surface area contributed by atoms with Crippen LogP contribution in [0.3, 0.4) is 0 Å². The third kappa shape index (κ3) is 10.9. The molecule has 0 aromatic rings. The van der Waals surface area contributed by atoms with Gasteiger partial charge in [-0.25, -0.2) is 4.79 Å². The number of unbranched alkanes of at least 4 members (excludes halogenated alkanes) is 2. The zero-order valence-electron chi connectivity index (χ0n) is 11.8. The summed E-state index contributed by atoms with van der Waals surface area (Å²) in [5.74, 6) is -0.381. The molecule has 0 radical (unpaired) electrons. The molecule has 2 aliphatic heterocycles. The van der Waals surface area contributed by atoms with Crippen molar-refractivity contribution in [3.63, 3.8) is 0 Å². The van der Waals surface area contributed by atoms with Gasteiger partial charge in [0.15, 0.2) is 0 Å². The van der Waals surface area contributed by atoms with Crippen LogP contribution >= 0.6 is 0 Å². The third-order valence-corrected chi connectivity index (χ3v) is 2.63. The molecule has 6 heteroatoms. The highest BCUT2D eigenvalue weighted by atomic mass is 16.6. The van der Waals surface area contributed by atoms with Crippen LogP contribution in [0.2, 0.25) is 0 Å². The molecule has 0 aliphatic carbocycles. The number of epoxide rings is 2. The first-order valence-corrected chi connectivity index (χ1v) is 6.97. The highest BCUT2D eigenvalue weighted by Gasteiger charge is 2.26. The summed E-state index contributed by atoms with van der Waals surface area (Å²) >= 11 is 0. The number of carbonyl (C=O) groups excluding carboxylic acids is 1. The molecular weight excluding hydrogens is 264 g/mol. The predicted octanol–water partition coefficient (Wildman–Crippen LogP) is 0.679. The molecule has 1 N–H and O–H groups in total. The van der Waals surface area contributed by atoms with E-state index in [2.05, 4.69) is 6.58 Å². The second-order valence-corrected chi connectivity index (χ2v) is 4.60. The van der Waals surface area contributed by atoms with Crippen molar-refractivity contribution in [1.29, 1.82) is 0 Å². The van der Waals surface area contributed by atoms with E-state index in [1.807, 2.05) is 0 Å². The number of hydrogen-bond acceptors (Lipinski definition) is 6. The number of rotatable bonds is 10. The lowest BCUT2D eigenvalue weighted by Crippen LogP contribution is -2.06. The molecule has 2 fully saturated rings. The summed E-state index contributed by atoms with van der Waals surface area (Å²) in [6.45, 7) is 7.15. The molecule has 20 heavy (non-hydrogen) atoms. The summed E-state index contributed by atoms with van der Waals surface area (Å²) in [5.41, 5.74) is 0. The van der Waals surface area contributed by atoms with E-state index >= 15 is 0 Å². The molecule has 0 spiro atoms. The normalized spacial score (nSPS) is 22.4. The largest absolute Gasteiger partial charge is 0.463 e. The van der Waals surface area contributed by atoms with Gasteiger partial charge in [0.25, 0.3) is 0 Å². The highest BCUT2D eigenvalue weighted by molar-refractivity contribution is 5.81. The van der Waals surface area contributed by atoms with Crippen molar-refractivity contribution in [1.82, 2.24) is 0 Å². The Balaban J connectivity index is 0.000000202. The molecule has 116 valence electrons. The monoisotopic (exact) mass is 288 g/mol. The van der Waals surface area contributed by atoms with Crippen molar-refractivity contribution in [3.05, 3.63) is 12.7 Å². The van der Waals surface area contributed by atoms with E-state index in [9.17, 15) is 4.79 Å². The SMILES string of the molecule is C(OCC1CO1)C1CO1.C=CC(=O)OCCCCCO. The van der Waals surface area contributed by atoms with Crippen molar-refractivity contribution in [2.75, 3.05) is 39.6 Å². The van der Waals surface area contributed by atoms with Gasteiger partial charge in [0.1, 0.15) is 12.2 Å². The summed E-state index contributed by atoms with van der Waals surface area (Å²) in [6.07, 6.45) is 4.39. The molecule has 0 saturated carbocycles. The average Bonchev–Trinajstić information content (AvgIpc) is 3.33. The first-order valence-electron chi connectivity index (χ1n) is 6.97. The number of esters is 1. The van der Waals surface area contributed by atoms with Gasteiger partial charge in [0.2, 0.25) is 0 Å². The van der Waals surface area contributed by atoms with Crippen molar-refractivity contribution in [3.8, 4) is 0 Å². The van der Waals surface area contributed by atoms with E-state index in [1.165, 1.54) is 0 Å². The maximum Gasteiger partial charge on any atom is 0.330 e. The van der Waals surface area contributed by atoms with Crippen molar-refractivity contribution < 1.29 is 28.8 Å². The third-order valence-electron chi connectivity index (χ3n) is 2.63. The fourth-order valence-corrected chi connectivity index (χ4v) is 1.28. The Morgan fingerprint density at radius 2 is 1.80 bits per heavy atom. The predicted molar refractivity (Wildman–Crippen MR) is 72.4 cm³/mol. The molecule has 2 aliphatic rings. The van der Waals surface area contributed by atoms with Crippen molar-refractivity contribution in [2.45, 2.75) is 31.5 Å². The number of carbonyl (C=O) groups is 1. The zero-order valence-corrected chi connectivity index (χ0v) is 11.8. The van der Waals surface area contributed by atoms with E-state index in [4.69, 9.17) is 24.1 Å². The van der Waals surface area contributed by atoms with Gasteiger partial charge in [-0.15, -0.1) is 0 Å². The number of ether oxygens (including phenoxy) is 4. The van der Waals surface area contributed by atoms with E-state index in [-0.39, 0.29) is 12.6 Å². The topological polar surface area (TPSA) is 80.8 Å². The van der Waals surface area contributed by atoms with Crippen LogP contribution in [0.15, 0.2) is 12.7 Å². The summed E-state index contributed by atoms with van der Waals surface area (Å²) in [7, 11) is 0. The van der Waals surface area contributed by atoms with Crippen LogP contribution in [0.4, 0.5) is 0 Å². The Morgan fingerprint density at radius 1 is 1.20 bits per heavy atom. The lowest BCUT2D eigenvalue weighted by Gasteiger charge is -1.99. The maximum atomic E-state index is 10.5. The average molecular weight is 288 g/mol. The quantitative estimate of drug-likeness (QED) is 0.275. The Hall–Kier alpha value is -0.950. The van der Waals surface area contributed by atoms with Gasteiger partial charge in [-0.1, -0.05) is 6.58 Å². The molecule has 6 nitrogen and oxygen atoms in total. The molecule has 2 rings (SSSR count). The van der Waals surface area contributed by atoms with Gasteiger partial charge in [0.05, 0.1) is 33.0 Å². The van der Waals surface area contributed by atoms with Crippen LogP contribution in [0.1, 0.15) is 19.3 Å². The molecule has 0 aromatic carbocycles. The first-order chi connectivity index (χ1) is 9.76. The van der Waals surface area contributed by atoms with Crippen LogP contribution in [0.25, 0.3) is 0 Å². The molecule has 2 atom stereocenters. The Labute approximate surface area is 119 Å². The minimum absolute atomic E-state index is 0.204. The maximum absolute atomic E-state index is 10.5. The molecule has 0 bridgehead atoms. The minimum Gasteiger partial charge on any atom is -0.463 e. The number of hydrogen-bond donors (Lipinski definition) is 1. The van der Waals surface area contributed by atoms with Gasteiger partial charge in [0, 0.05) is 12.7 Å². The van der Waals surface area contributed by atoms with Crippen LogP contribution < -0.4 is 0 Å². The summed E-state index contributed by atoms with van der Waals surface area (Å²) in [6, 6.07) is 0. The number of aliphatic hydroxyl groups is 1. The number of aliphatic hydroxyl groups excluding tert-OH is 1. The van der Waals surface area contributed by atoms with Crippen LogP contribution in [0, 0.1) is 0 Å². The smallest absolute Gasteiger partial charge is 0.330 e. The van der Waals surface area contributed by atoms with Gasteiger partial charge in [-0.05, 0) is 19.3 Å². The molecule has 0 aromatic heterocycles.